The summed E-state index contributed by atoms with van der Waals surface area (Å²) in [5, 5.41) is 8.10. The van der Waals surface area contributed by atoms with Crippen LogP contribution >= 0.6 is 47.1 Å². The van der Waals surface area contributed by atoms with Gasteiger partial charge in [0, 0.05) is 42.9 Å². The highest BCUT2D eigenvalue weighted by Gasteiger charge is 2.14. The number of halogens is 1. The van der Waals surface area contributed by atoms with Crippen molar-refractivity contribution in [3.8, 4) is 0 Å². The van der Waals surface area contributed by atoms with Crippen molar-refractivity contribution >= 4 is 53.0 Å². The molecule has 0 radical (unpaired) electrons. The zero-order valence-corrected chi connectivity index (χ0v) is 16.7. The maximum absolute atomic E-state index is 4.44. The molecule has 1 atom stereocenters. The van der Waals surface area contributed by atoms with Crippen LogP contribution in [0.1, 0.15) is 29.7 Å². The molecule has 1 saturated heterocycles. The van der Waals surface area contributed by atoms with E-state index >= 15 is 0 Å². The molecule has 7 heteroatoms. The van der Waals surface area contributed by atoms with Gasteiger partial charge in [-0.2, -0.15) is 11.8 Å². The van der Waals surface area contributed by atoms with Gasteiger partial charge in [-0.25, -0.2) is 4.98 Å². The largest absolute Gasteiger partial charge is 0.356 e. The molecule has 2 N–H and O–H groups in total. The third kappa shape index (κ3) is 6.73. The van der Waals surface area contributed by atoms with E-state index < -0.39 is 0 Å². The third-order valence-electron chi connectivity index (χ3n) is 3.31. The second-order valence-corrected chi connectivity index (χ2v) is 7.23. The van der Waals surface area contributed by atoms with Crippen LogP contribution in [0.5, 0.6) is 0 Å². The van der Waals surface area contributed by atoms with Crippen molar-refractivity contribution in [2.45, 2.75) is 38.6 Å². The lowest BCUT2D eigenvalue weighted by Gasteiger charge is -2.24. The fourth-order valence-electron chi connectivity index (χ4n) is 2.16. The van der Waals surface area contributed by atoms with Crippen LogP contribution in [-0.4, -0.2) is 42.1 Å². The summed E-state index contributed by atoms with van der Waals surface area (Å²) in [4.78, 5) is 10.1. The van der Waals surface area contributed by atoms with Gasteiger partial charge in [-0.05, 0) is 25.0 Å². The summed E-state index contributed by atoms with van der Waals surface area (Å²) in [7, 11) is 1.84. The van der Waals surface area contributed by atoms with Crippen LogP contribution in [0.15, 0.2) is 11.2 Å². The number of hydrogen-bond donors (Lipinski definition) is 2. The van der Waals surface area contributed by atoms with Gasteiger partial charge in [0.25, 0.3) is 0 Å². The number of guanidine groups is 1. The monoisotopic (exact) mass is 440 g/mol. The lowest BCUT2D eigenvalue weighted by atomic mass is 10.2. The molecule has 0 spiro atoms. The van der Waals surface area contributed by atoms with Crippen LogP contribution in [0.2, 0.25) is 0 Å². The molecule has 2 heterocycles. The van der Waals surface area contributed by atoms with Gasteiger partial charge >= 0.3 is 0 Å². The van der Waals surface area contributed by atoms with E-state index in [0.717, 1.165) is 25.3 Å². The molecule has 21 heavy (non-hydrogen) atoms. The van der Waals surface area contributed by atoms with E-state index in [1.807, 2.05) is 36.3 Å². The predicted molar refractivity (Wildman–Crippen MR) is 105 cm³/mol. The van der Waals surface area contributed by atoms with Crippen LogP contribution in [-0.2, 0) is 12.8 Å². The fourth-order valence-corrected chi connectivity index (χ4v) is 4.09. The van der Waals surface area contributed by atoms with Gasteiger partial charge in [0.05, 0.1) is 5.01 Å². The zero-order valence-electron chi connectivity index (χ0n) is 12.7. The SMILES string of the molecule is CCc1cnc(CCNC(=NC)NC2CCCSC2)s1.I. The number of thioether (sulfide) groups is 1. The minimum absolute atomic E-state index is 0. The molecule has 0 aromatic carbocycles. The van der Waals surface area contributed by atoms with Gasteiger partial charge in [-0.1, -0.05) is 6.92 Å². The number of hydrogen-bond acceptors (Lipinski definition) is 4. The molecule has 0 bridgehead atoms. The van der Waals surface area contributed by atoms with Crippen molar-refractivity contribution < 1.29 is 0 Å². The normalized spacial score (nSPS) is 19.0. The summed E-state index contributed by atoms with van der Waals surface area (Å²) in [6.45, 7) is 3.06. The first-order valence-corrected chi connectivity index (χ1v) is 9.27. The van der Waals surface area contributed by atoms with Crippen LogP contribution in [0, 0.1) is 0 Å². The Morgan fingerprint density at radius 1 is 1.52 bits per heavy atom. The highest BCUT2D eigenvalue weighted by molar-refractivity contribution is 14.0. The minimum atomic E-state index is 0. The smallest absolute Gasteiger partial charge is 0.191 e. The number of nitrogens with one attached hydrogen (secondary N) is 2. The number of aliphatic imine (C=N–C) groups is 1. The number of thiazole rings is 1. The molecule has 1 aromatic rings. The van der Waals surface area contributed by atoms with E-state index in [4.69, 9.17) is 0 Å². The third-order valence-corrected chi connectivity index (χ3v) is 5.72. The molecule has 0 aliphatic carbocycles. The van der Waals surface area contributed by atoms with Crippen LogP contribution in [0.4, 0.5) is 0 Å². The molecule has 4 nitrogen and oxygen atoms in total. The van der Waals surface area contributed by atoms with Crippen molar-refractivity contribution in [1.82, 2.24) is 15.6 Å². The summed E-state index contributed by atoms with van der Waals surface area (Å²) >= 11 is 3.84. The van der Waals surface area contributed by atoms with Crippen molar-refractivity contribution in [1.29, 1.82) is 0 Å². The lowest BCUT2D eigenvalue weighted by Crippen LogP contribution is -2.46. The molecule has 0 amide bonds. The molecule has 1 aromatic heterocycles. The summed E-state index contributed by atoms with van der Waals surface area (Å²) in [6, 6.07) is 0.562. The van der Waals surface area contributed by atoms with Crippen LogP contribution in [0.3, 0.4) is 0 Å². The number of nitrogens with zero attached hydrogens (tertiary/aromatic N) is 2. The highest BCUT2D eigenvalue weighted by Crippen LogP contribution is 2.16. The van der Waals surface area contributed by atoms with E-state index in [0.29, 0.717) is 6.04 Å². The Morgan fingerprint density at radius 2 is 2.38 bits per heavy atom. The Kier molecular flexibility index (Phi) is 9.66. The second-order valence-electron chi connectivity index (χ2n) is 4.88. The first-order valence-electron chi connectivity index (χ1n) is 7.30. The minimum Gasteiger partial charge on any atom is -0.356 e. The fraction of sp³-hybridized carbons (Fsp3) is 0.714. The van der Waals surface area contributed by atoms with Crippen LogP contribution < -0.4 is 10.6 Å². The van der Waals surface area contributed by atoms with Crippen molar-refractivity contribution in [3.63, 3.8) is 0 Å². The van der Waals surface area contributed by atoms with Crippen molar-refractivity contribution in [2.75, 3.05) is 25.1 Å². The maximum atomic E-state index is 4.44. The second kappa shape index (κ2) is 10.7. The molecule has 1 aliphatic heterocycles. The lowest BCUT2D eigenvalue weighted by molar-refractivity contribution is 0.582. The molecule has 1 fully saturated rings. The molecular weight excluding hydrogens is 415 g/mol. The van der Waals surface area contributed by atoms with E-state index in [1.54, 1.807) is 0 Å². The Bertz CT molecular complexity index is 430. The van der Waals surface area contributed by atoms with Gasteiger partial charge in [0.15, 0.2) is 5.96 Å². The average molecular weight is 440 g/mol. The van der Waals surface area contributed by atoms with Crippen molar-refractivity contribution in [2.24, 2.45) is 4.99 Å². The van der Waals surface area contributed by atoms with Gasteiger partial charge in [-0.15, -0.1) is 35.3 Å². The van der Waals surface area contributed by atoms with Gasteiger partial charge in [0.1, 0.15) is 0 Å². The summed E-state index contributed by atoms with van der Waals surface area (Å²) in [5.41, 5.74) is 0. The number of aromatic nitrogens is 1. The maximum Gasteiger partial charge on any atom is 0.191 e. The first-order chi connectivity index (χ1) is 9.81. The Hall–Kier alpha value is -0.0200. The van der Waals surface area contributed by atoms with E-state index in [2.05, 4.69) is 27.5 Å². The Morgan fingerprint density at radius 3 is 3.00 bits per heavy atom. The zero-order chi connectivity index (χ0) is 14.2. The molecular formula is C14H25IN4S2. The standard InChI is InChI=1S/C14H24N4S2.HI/c1-3-12-9-17-13(20-12)6-7-16-14(15-2)18-11-5-4-8-19-10-11;/h9,11H,3-8,10H2,1-2H3,(H2,15,16,18);1H. The van der Waals surface area contributed by atoms with Gasteiger partial charge < -0.3 is 10.6 Å². The van der Waals surface area contributed by atoms with Crippen molar-refractivity contribution in [3.05, 3.63) is 16.1 Å². The van der Waals surface area contributed by atoms with E-state index in [1.165, 1.54) is 34.2 Å². The predicted octanol–water partition coefficient (Wildman–Crippen LogP) is 2.93. The quantitative estimate of drug-likeness (QED) is 0.420. The van der Waals surface area contributed by atoms with E-state index in [-0.39, 0.29) is 24.0 Å². The van der Waals surface area contributed by atoms with E-state index in [9.17, 15) is 0 Å². The Balaban J connectivity index is 0.00000220. The Labute approximate surface area is 153 Å². The molecule has 120 valence electrons. The number of rotatable bonds is 5. The van der Waals surface area contributed by atoms with Gasteiger partial charge in [0.2, 0.25) is 0 Å². The number of aryl methyl sites for hydroxylation is 1. The molecule has 1 aliphatic rings. The molecule has 1 unspecified atom stereocenters. The first kappa shape index (κ1) is 19.0. The summed E-state index contributed by atoms with van der Waals surface area (Å²) in [5.74, 6) is 3.41. The van der Waals surface area contributed by atoms with Crippen LogP contribution in [0.25, 0.3) is 0 Å². The topological polar surface area (TPSA) is 49.3 Å². The molecule has 2 rings (SSSR count). The average Bonchev–Trinajstić information content (AvgIpc) is 2.95. The summed E-state index contributed by atoms with van der Waals surface area (Å²) < 4.78 is 0. The molecule has 0 saturated carbocycles. The van der Waals surface area contributed by atoms with Gasteiger partial charge in [-0.3, -0.25) is 4.99 Å². The summed E-state index contributed by atoms with van der Waals surface area (Å²) in [6.07, 6.45) is 6.59. The highest BCUT2D eigenvalue weighted by atomic mass is 127.